The summed E-state index contributed by atoms with van der Waals surface area (Å²) >= 11 is 0. The predicted molar refractivity (Wildman–Crippen MR) is 90.0 cm³/mol. The molecule has 0 spiro atoms. The Morgan fingerprint density at radius 3 is 2.13 bits per heavy atom. The highest BCUT2D eigenvalue weighted by molar-refractivity contribution is 7.89. The molecule has 0 atom stereocenters. The van der Waals surface area contributed by atoms with E-state index in [9.17, 15) is 8.42 Å². The zero-order chi connectivity index (χ0) is 16.5. The number of rotatable bonds is 6. The third kappa shape index (κ3) is 3.26. The maximum Gasteiger partial charge on any atom is 0.241 e. The molecule has 1 aliphatic carbocycles. The molecule has 2 aromatic carbocycles. The van der Waals surface area contributed by atoms with Crippen LogP contribution in [0.3, 0.4) is 0 Å². The minimum atomic E-state index is -3.53. The molecule has 1 N–H and O–H groups in total. The fraction of sp³-hybridized carbons (Fsp3) is 0.333. The number of hydrogen-bond acceptors (Lipinski definition) is 3. The van der Waals surface area contributed by atoms with Crippen LogP contribution < -0.4 is 9.46 Å². The molecule has 0 saturated heterocycles. The molecule has 0 aromatic heterocycles. The summed E-state index contributed by atoms with van der Waals surface area (Å²) in [6.45, 7) is 2.05. The number of sulfonamides is 1. The molecule has 5 heteroatoms. The van der Waals surface area contributed by atoms with Crippen LogP contribution in [0.5, 0.6) is 5.75 Å². The highest BCUT2D eigenvalue weighted by Gasteiger charge is 2.47. The molecular weight excluding hydrogens is 310 g/mol. The largest absolute Gasteiger partial charge is 0.497 e. The summed E-state index contributed by atoms with van der Waals surface area (Å²) in [5.74, 6) is 0.766. The van der Waals surface area contributed by atoms with Crippen molar-refractivity contribution in [2.24, 2.45) is 0 Å². The van der Waals surface area contributed by atoms with E-state index >= 15 is 0 Å². The van der Waals surface area contributed by atoms with Gasteiger partial charge in [-0.25, -0.2) is 13.1 Å². The van der Waals surface area contributed by atoms with E-state index in [1.54, 1.807) is 19.2 Å². The van der Waals surface area contributed by atoms with Gasteiger partial charge in [0.15, 0.2) is 0 Å². The van der Waals surface area contributed by atoms with Crippen LogP contribution in [0.1, 0.15) is 30.9 Å². The van der Waals surface area contributed by atoms with Crippen molar-refractivity contribution < 1.29 is 13.2 Å². The lowest BCUT2D eigenvalue weighted by Gasteiger charge is -2.18. The monoisotopic (exact) mass is 331 g/mol. The maximum absolute atomic E-state index is 12.6. The quantitative estimate of drug-likeness (QED) is 0.884. The zero-order valence-electron chi connectivity index (χ0n) is 13.4. The maximum atomic E-state index is 12.6. The molecule has 0 heterocycles. The van der Waals surface area contributed by atoms with Crippen molar-refractivity contribution in [2.45, 2.75) is 36.6 Å². The average Bonchev–Trinajstić information content (AvgIpc) is 3.35. The van der Waals surface area contributed by atoms with Gasteiger partial charge in [0.1, 0.15) is 5.75 Å². The number of nitrogens with one attached hydrogen (secondary N) is 1. The molecule has 23 heavy (non-hydrogen) atoms. The first-order valence-corrected chi connectivity index (χ1v) is 9.25. The fourth-order valence-corrected chi connectivity index (χ4v) is 4.15. The molecular formula is C18H21NO3S. The Morgan fingerprint density at radius 1 is 1.04 bits per heavy atom. The predicted octanol–water partition coefficient (Wildman–Crippen LogP) is 3.23. The summed E-state index contributed by atoms with van der Waals surface area (Å²) in [4.78, 5) is 0.314. The van der Waals surface area contributed by atoms with Gasteiger partial charge in [-0.1, -0.05) is 31.2 Å². The molecule has 4 nitrogen and oxygen atoms in total. The molecule has 3 rings (SSSR count). The Bertz CT molecular complexity index is 776. The third-order valence-electron chi connectivity index (χ3n) is 4.36. The molecule has 1 fully saturated rings. The average molecular weight is 331 g/mol. The van der Waals surface area contributed by atoms with Gasteiger partial charge in [0, 0.05) is 0 Å². The molecule has 2 aromatic rings. The van der Waals surface area contributed by atoms with Gasteiger partial charge >= 0.3 is 0 Å². The standard InChI is InChI=1S/C18H21NO3S/c1-3-14-4-10-17(11-5-14)23(20,21)19-18(12-13-18)15-6-8-16(22-2)9-7-15/h4-11,19H,3,12-13H2,1-2H3. The Labute approximate surface area is 137 Å². The molecule has 0 bridgehead atoms. The van der Waals surface area contributed by atoms with Crippen LogP contribution in [-0.2, 0) is 22.0 Å². The van der Waals surface area contributed by atoms with Gasteiger partial charge in [0.2, 0.25) is 10.0 Å². The van der Waals surface area contributed by atoms with Gasteiger partial charge < -0.3 is 4.74 Å². The lowest BCUT2D eigenvalue weighted by atomic mass is 10.1. The number of benzene rings is 2. The highest BCUT2D eigenvalue weighted by Crippen LogP contribution is 2.46. The number of aryl methyl sites for hydroxylation is 1. The first-order valence-electron chi connectivity index (χ1n) is 7.76. The summed E-state index contributed by atoms with van der Waals surface area (Å²) < 4.78 is 33.3. The van der Waals surface area contributed by atoms with E-state index in [0.717, 1.165) is 36.1 Å². The summed E-state index contributed by atoms with van der Waals surface area (Å²) in [7, 11) is -1.91. The number of methoxy groups -OCH3 is 1. The van der Waals surface area contributed by atoms with Crippen molar-refractivity contribution in [1.29, 1.82) is 0 Å². The Kier molecular flexibility index (Phi) is 4.17. The van der Waals surface area contributed by atoms with E-state index in [2.05, 4.69) is 4.72 Å². The van der Waals surface area contributed by atoms with Crippen LogP contribution in [0.4, 0.5) is 0 Å². The van der Waals surface area contributed by atoms with E-state index in [-0.39, 0.29) is 0 Å². The van der Waals surface area contributed by atoms with E-state index < -0.39 is 15.6 Å². The van der Waals surface area contributed by atoms with Crippen molar-refractivity contribution >= 4 is 10.0 Å². The van der Waals surface area contributed by atoms with Gasteiger partial charge in [0.25, 0.3) is 0 Å². The van der Waals surface area contributed by atoms with Gasteiger partial charge in [-0.15, -0.1) is 0 Å². The lowest BCUT2D eigenvalue weighted by molar-refractivity contribution is 0.414. The SMILES string of the molecule is CCc1ccc(S(=O)(=O)NC2(c3ccc(OC)cc3)CC2)cc1. The number of hydrogen-bond donors (Lipinski definition) is 1. The van der Waals surface area contributed by atoms with E-state index in [0.29, 0.717) is 4.90 Å². The van der Waals surface area contributed by atoms with E-state index in [1.165, 1.54) is 0 Å². The molecule has 122 valence electrons. The smallest absolute Gasteiger partial charge is 0.241 e. The van der Waals surface area contributed by atoms with E-state index in [1.807, 2.05) is 43.3 Å². The first-order chi connectivity index (χ1) is 11.0. The summed E-state index contributed by atoms with van der Waals surface area (Å²) in [5, 5.41) is 0. The van der Waals surface area contributed by atoms with Crippen molar-refractivity contribution in [3.63, 3.8) is 0 Å². The van der Waals surface area contributed by atoms with E-state index in [4.69, 9.17) is 4.74 Å². The van der Waals surface area contributed by atoms with Crippen LogP contribution in [0, 0.1) is 0 Å². The van der Waals surface area contributed by atoms with Crippen LogP contribution in [0.15, 0.2) is 53.4 Å². The fourth-order valence-electron chi connectivity index (χ4n) is 2.71. The third-order valence-corrected chi connectivity index (χ3v) is 5.92. The first kappa shape index (κ1) is 16.0. The molecule has 1 aliphatic rings. The normalized spacial score (nSPS) is 16.1. The van der Waals surface area contributed by atoms with Crippen LogP contribution in [0.2, 0.25) is 0 Å². The molecule has 0 unspecified atom stereocenters. The van der Waals surface area contributed by atoms with Crippen molar-refractivity contribution in [3.05, 3.63) is 59.7 Å². The second-order valence-corrected chi connectivity index (χ2v) is 7.60. The Hall–Kier alpha value is -1.85. The second-order valence-electron chi connectivity index (χ2n) is 5.91. The van der Waals surface area contributed by atoms with Gasteiger partial charge in [0.05, 0.1) is 17.5 Å². The van der Waals surface area contributed by atoms with Gasteiger partial charge in [-0.05, 0) is 54.7 Å². The molecule has 0 radical (unpaired) electrons. The van der Waals surface area contributed by atoms with Crippen molar-refractivity contribution in [1.82, 2.24) is 4.72 Å². The lowest BCUT2D eigenvalue weighted by Crippen LogP contribution is -2.34. The zero-order valence-corrected chi connectivity index (χ0v) is 14.2. The number of ether oxygens (including phenoxy) is 1. The molecule has 1 saturated carbocycles. The Balaban J connectivity index is 1.83. The van der Waals surface area contributed by atoms with Gasteiger partial charge in [-0.3, -0.25) is 0 Å². The summed E-state index contributed by atoms with van der Waals surface area (Å²) in [5.41, 5.74) is 1.63. The topological polar surface area (TPSA) is 55.4 Å². The molecule has 0 aliphatic heterocycles. The van der Waals surface area contributed by atoms with Crippen LogP contribution >= 0.6 is 0 Å². The second kappa shape index (κ2) is 5.98. The molecule has 0 amide bonds. The summed E-state index contributed by atoms with van der Waals surface area (Å²) in [6.07, 6.45) is 2.51. The summed E-state index contributed by atoms with van der Waals surface area (Å²) in [6, 6.07) is 14.6. The Morgan fingerprint density at radius 2 is 1.65 bits per heavy atom. The minimum absolute atomic E-state index is 0.314. The van der Waals surface area contributed by atoms with Gasteiger partial charge in [-0.2, -0.15) is 0 Å². The van der Waals surface area contributed by atoms with Crippen molar-refractivity contribution in [2.75, 3.05) is 7.11 Å². The minimum Gasteiger partial charge on any atom is -0.497 e. The van der Waals surface area contributed by atoms with Crippen LogP contribution in [-0.4, -0.2) is 15.5 Å². The van der Waals surface area contributed by atoms with Crippen LogP contribution in [0.25, 0.3) is 0 Å². The highest BCUT2D eigenvalue weighted by atomic mass is 32.2. The van der Waals surface area contributed by atoms with Crippen molar-refractivity contribution in [3.8, 4) is 5.75 Å².